The first kappa shape index (κ1) is 15.4. The molecule has 0 saturated carbocycles. The van der Waals surface area contributed by atoms with E-state index in [2.05, 4.69) is 31.2 Å². The van der Waals surface area contributed by atoms with Crippen molar-refractivity contribution in [3.63, 3.8) is 0 Å². The van der Waals surface area contributed by atoms with Crippen molar-refractivity contribution in [1.82, 2.24) is 4.90 Å². The summed E-state index contributed by atoms with van der Waals surface area (Å²) < 4.78 is 0. The van der Waals surface area contributed by atoms with Gasteiger partial charge in [-0.25, -0.2) is 0 Å². The normalized spacial score (nSPS) is 10.4. The molecule has 1 amide bonds. The van der Waals surface area contributed by atoms with Crippen LogP contribution < -0.4 is 5.73 Å². The minimum atomic E-state index is -0.0714. The summed E-state index contributed by atoms with van der Waals surface area (Å²) >= 11 is 5.87. The second kappa shape index (κ2) is 6.64. The Labute approximate surface area is 130 Å². The van der Waals surface area contributed by atoms with E-state index < -0.39 is 0 Å². The molecule has 0 heterocycles. The van der Waals surface area contributed by atoms with Gasteiger partial charge in [0.05, 0.1) is 10.7 Å². The number of rotatable bonds is 4. The van der Waals surface area contributed by atoms with Gasteiger partial charge in [0.25, 0.3) is 5.91 Å². The number of amides is 1. The van der Waals surface area contributed by atoms with Crippen molar-refractivity contribution in [3.8, 4) is 0 Å². The molecule has 110 valence electrons. The first-order valence-corrected chi connectivity index (χ1v) is 7.27. The van der Waals surface area contributed by atoms with Gasteiger partial charge < -0.3 is 10.6 Å². The van der Waals surface area contributed by atoms with Crippen molar-refractivity contribution >= 4 is 23.2 Å². The molecule has 0 radical (unpaired) electrons. The first-order chi connectivity index (χ1) is 10.0. The zero-order valence-corrected chi connectivity index (χ0v) is 13.0. The first-order valence-electron chi connectivity index (χ1n) is 6.89. The maximum atomic E-state index is 12.4. The summed E-state index contributed by atoms with van der Waals surface area (Å²) in [6, 6.07) is 13.2. The van der Waals surface area contributed by atoms with Crippen LogP contribution in [0.5, 0.6) is 0 Å². The van der Waals surface area contributed by atoms with E-state index in [1.165, 1.54) is 5.56 Å². The van der Waals surface area contributed by atoms with Gasteiger partial charge >= 0.3 is 0 Å². The smallest absolute Gasteiger partial charge is 0.253 e. The monoisotopic (exact) mass is 302 g/mol. The molecule has 2 aromatic carbocycles. The molecule has 0 bridgehead atoms. The molecule has 0 unspecified atom stereocenters. The Morgan fingerprint density at radius 3 is 2.33 bits per heavy atom. The third-order valence-electron chi connectivity index (χ3n) is 3.44. The van der Waals surface area contributed by atoms with E-state index in [0.29, 0.717) is 22.8 Å². The van der Waals surface area contributed by atoms with Crippen LogP contribution in [-0.4, -0.2) is 17.9 Å². The minimum Gasteiger partial charge on any atom is -0.398 e. The molecule has 2 rings (SSSR count). The highest BCUT2D eigenvalue weighted by atomic mass is 35.5. The predicted octanol–water partition coefficient (Wildman–Crippen LogP) is 3.76. The fourth-order valence-corrected chi connectivity index (χ4v) is 2.24. The number of nitrogens with two attached hydrogens (primary N) is 1. The van der Waals surface area contributed by atoms with E-state index in [0.717, 1.165) is 12.0 Å². The Morgan fingerprint density at radius 1 is 1.14 bits per heavy atom. The highest BCUT2D eigenvalue weighted by molar-refractivity contribution is 6.33. The summed E-state index contributed by atoms with van der Waals surface area (Å²) in [4.78, 5) is 14.0. The lowest BCUT2D eigenvalue weighted by Crippen LogP contribution is -2.26. The van der Waals surface area contributed by atoms with Gasteiger partial charge in [-0.05, 0) is 35.7 Å². The number of halogens is 1. The number of carbonyl (C=O) groups excluding carboxylic acids is 1. The Bertz CT molecular complexity index is 638. The largest absolute Gasteiger partial charge is 0.398 e. The lowest BCUT2D eigenvalue weighted by Gasteiger charge is -2.18. The summed E-state index contributed by atoms with van der Waals surface area (Å²) in [5.74, 6) is -0.0714. The van der Waals surface area contributed by atoms with Gasteiger partial charge in [-0.2, -0.15) is 0 Å². The van der Waals surface area contributed by atoms with Crippen molar-refractivity contribution in [3.05, 3.63) is 64.2 Å². The Balaban J connectivity index is 2.09. The van der Waals surface area contributed by atoms with Gasteiger partial charge in [0.1, 0.15) is 0 Å². The zero-order chi connectivity index (χ0) is 15.4. The lowest BCUT2D eigenvalue weighted by atomic mass is 10.1. The summed E-state index contributed by atoms with van der Waals surface area (Å²) in [5.41, 5.74) is 9.10. The third-order valence-corrected chi connectivity index (χ3v) is 3.78. The molecule has 0 aromatic heterocycles. The standard InChI is InChI=1S/C17H19ClN2O/c1-3-12-4-6-13(7-5-12)11-20(2)17(21)14-8-9-15(18)16(19)10-14/h4-10H,3,11,19H2,1-2H3. The van der Waals surface area contributed by atoms with Gasteiger partial charge in [0, 0.05) is 19.2 Å². The zero-order valence-electron chi connectivity index (χ0n) is 12.3. The fraction of sp³-hybridized carbons (Fsp3) is 0.235. The van der Waals surface area contributed by atoms with Crippen molar-refractivity contribution in [2.24, 2.45) is 0 Å². The molecule has 2 aromatic rings. The number of hydrogen-bond acceptors (Lipinski definition) is 2. The maximum Gasteiger partial charge on any atom is 0.253 e. The van der Waals surface area contributed by atoms with Crippen molar-refractivity contribution in [1.29, 1.82) is 0 Å². The highest BCUT2D eigenvalue weighted by Gasteiger charge is 2.13. The maximum absolute atomic E-state index is 12.4. The minimum absolute atomic E-state index is 0.0714. The Morgan fingerprint density at radius 2 is 1.76 bits per heavy atom. The average Bonchev–Trinajstić information content (AvgIpc) is 2.50. The molecule has 4 heteroatoms. The van der Waals surface area contributed by atoms with Gasteiger partial charge in [-0.15, -0.1) is 0 Å². The summed E-state index contributed by atoms with van der Waals surface area (Å²) in [6.07, 6.45) is 1.01. The van der Waals surface area contributed by atoms with Crippen LogP contribution in [0.1, 0.15) is 28.4 Å². The van der Waals surface area contributed by atoms with Crippen LogP contribution in [0.3, 0.4) is 0 Å². The van der Waals surface area contributed by atoms with Crippen LogP contribution in [-0.2, 0) is 13.0 Å². The highest BCUT2D eigenvalue weighted by Crippen LogP contribution is 2.20. The van der Waals surface area contributed by atoms with Crippen LogP contribution in [0.15, 0.2) is 42.5 Å². The van der Waals surface area contributed by atoms with E-state index in [4.69, 9.17) is 17.3 Å². The van der Waals surface area contributed by atoms with Crippen LogP contribution in [0.2, 0.25) is 5.02 Å². The van der Waals surface area contributed by atoms with E-state index in [-0.39, 0.29) is 5.91 Å². The molecule has 0 spiro atoms. The molecule has 0 aliphatic carbocycles. The number of carbonyl (C=O) groups is 1. The van der Waals surface area contributed by atoms with Crippen LogP contribution in [0, 0.1) is 0 Å². The molecular weight excluding hydrogens is 284 g/mol. The second-order valence-electron chi connectivity index (χ2n) is 5.07. The van der Waals surface area contributed by atoms with Gasteiger partial charge in [-0.1, -0.05) is 42.8 Å². The van der Waals surface area contributed by atoms with Crippen LogP contribution in [0.4, 0.5) is 5.69 Å². The topological polar surface area (TPSA) is 46.3 Å². The van der Waals surface area contributed by atoms with Crippen LogP contribution in [0.25, 0.3) is 0 Å². The number of benzene rings is 2. The molecule has 3 nitrogen and oxygen atoms in total. The molecule has 0 aliphatic heterocycles. The summed E-state index contributed by atoms with van der Waals surface area (Å²) in [7, 11) is 1.78. The predicted molar refractivity (Wildman–Crippen MR) is 87.5 cm³/mol. The van der Waals surface area contributed by atoms with Gasteiger partial charge in [0.15, 0.2) is 0 Å². The van der Waals surface area contributed by atoms with E-state index >= 15 is 0 Å². The fourth-order valence-electron chi connectivity index (χ4n) is 2.12. The quantitative estimate of drug-likeness (QED) is 0.874. The average molecular weight is 303 g/mol. The summed E-state index contributed by atoms with van der Waals surface area (Å²) in [5, 5.41) is 0.462. The number of anilines is 1. The lowest BCUT2D eigenvalue weighted by molar-refractivity contribution is 0.0785. The molecule has 0 saturated heterocycles. The Kier molecular flexibility index (Phi) is 4.86. The SMILES string of the molecule is CCc1ccc(CN(C)C(=O)c2ccc(Cl)c(N)c2)cc1. The van der Waals surface area contributed by atoms with Crippen molar-refractivity contribution in [2.75, 3.05) is 12.8 Å². The number of hydrogen-bond donors (Lipinski definition) is 1. The molecule has 0 aliphatic rings. The summed E-state index contributed by atoms with van der Waals surface area (Å²) in [6.45, 7) is 2.68. The van der Waals surface area contributed by atoms with E-state index in [1.807, 2.05) is 0 Å². The molecular formula is C17H19ClN2O. The number of nitrogens with zero attached hydrogens (tertiary/aromatic N) is 1. The number of nitrogen functional groups attached to an aromatic ring is 1. The van der Waals surface area contributed by atoms with Crippen molar-refractivity contribution in [2.45, 2.75) is 19.9 Å². The molecule has 0 atom stereocenters. The Hall–Kier alpha value is -2.00. The van der Waals surface area contributed by atoms with Crippen molar-refractivity contribution < 1.29 is 4.79 Å². The van der Waals surface area contributed by atoms with Crippen LogP contribution >= 0.6 is 11.6 Å². The second-order valence-corrected chi connectivity index (χ2v) is 5.47. The van der Waals surface area contributed by atoms with E-state index in [1.54, 1.807) is 30.1 Å². The molecule has 2 N–H and O–H groups in total. The molecule has 0 fully saturated rings. The molecule has 21 heavy (non-hydrogen) atoms. The third kappa shape index (κ3) is 3.76. The number of aryl methyl sites for hydroxylation is 1. The van der Waals surface area contributed by atoms with Gasteiger partial charge in [-0.3, -0.25) is 4.79 Å². The van der Waals surface area contributed by atoms with E-state index in [9.17, 15) is 4.79 Å². The van der Waals surface area contributed by atoms with Gasteiger partial charge in [0.2, 0.25) is 0 Å².